The number of piperidine rings is 1. The molecular formula is C19H29N3O3S2. The lowest BCUT2D eigenvalue weighted by Gasteiger charge is -2.30. The fourth-order valence-electron chi connectivity index (χ4n) is 3.73. The SMILES string of the molecule is CCCn1c(=O)sc2cc(S(=O)(=O)NCCCN3CCC[C@@H](C)C3)ccc21. The maximum atomic E-state index is 12.6. The van der Waals surface area contributed by atoms with Gasteiger partial charge in [-0.25, -0.2) is 13.1 Å². The standard InChI is InChI=1S/C19H29N3O3S2/c1-3-10-22-17-8-7-16(13-18(17)26-19(22)23)27(24,25)20-9-5-12-21-11-4-6-15(2)14-21/h7-8,13,15,20H,3-6,9-12,14H2,1-2H3/t15-/m1/s1. The number of benzene rings is 1. The predicted octanol–water partition coefficient (Wildman–Crippen LogP) is 2.87. The molecule has 1 saturated heterocycles. The maximum Gasteiger partial charge on any atom is 0.308 e. The van der Waals surface area contributed by atoms with E-state index in [0.29, 0.717) is 13.1 Å². The van der Waals surface area contributed by atoms with Crippen LogP contribution < -0.4 is 9.60 Å². The Hall–Kier alpha value is -1.22. The molecule has 8 heteroatoms. The summed E-state index contributed by atoms with van der Waals surface area (Å²) in [5, 5.41) is 0. The molecule has 1 fully saturated rings. The average Bonchev–Trinajstić information content (AvgIpc) is 2.94. The first kappa shape index (κ1) is 20.5. The number of aryl methyl sites for hydroxylation is 1. The summed E-state index contributed by atoms with van der Waals surface area (Å²) in [6, 6.07) is 4.95. The minimum Gasteiger partial charge on any atom is -0.303 e. The molecule has 150 valence electrons. The van der Waals surface area contributed by atoms with Crippen molar-refractivity contribution in [1.82, 2.24) is 14.2 Å². The van der Waals surface area contributed by atoms with E-state index in [-0.39, 0.29) is 9.77 Å². The lowest BCUT2D eigenvalue weighted by atomic mass is 10.0. The molecule has 27 heavy (non-hydrogen) atoms. The topological polar surface area (TPSA) is 71.4 Å². The van der Waals surface area contributed by atoms with E-state index in [1.807, 2.05) is 6.92 Å². The van der Waals surface area contributed by atoms with Gasteiger partial charge in [-0.3, -0.25) is 9.36 Å². The molecule has 0 saturated carbocycles. The number of fused-ring (bicyclic) bond motifs is 1. The van der Waals surface area contributed by atoms with E-state index < -0.39 is 10.0 Å². The number of hydrogen-bond acceptors (Lipinski definition) is 5. The van der Waals surface area contributed by atoms with Crippen molar-refractivity contribution in [3.63, 3.8) is 0 Å². The van der Waals surface area contributed by atoms with E-state index in [1.54, 1.807) is 22.8 Å². The van der Waals surface area contributed by atoms with Crippen molar-refractivity contribution < 1.29 is 8.42 Å². The van der Waals surface area contributed by atoms with Gasteiger partial charge in [-0.15, -0.1) is 0 Å². The van der Waals surface area contributed by atoms with Gasteiger partial charge in [0.05, 0.1) is 15.1 Å². The summed E-state index contributed by atoms with van der Waals surface area (Å²) in [7, 11) is -3.55. The minimum absolute atomic E-state index is 0.0369. The first-order valence-electron chi connectivity index (χ1n) is 9.76. The monoisotopic (exact) mass is 411 g/mol. The summed E-state index contributed by atoms with van der Waals surface area (Å²) >= 11 is 1.10. The van der Waals surface area contributed by atoms with Gasteiger partial charge in [-0.1, -0.05) is 25.2 Å². The van der Waals surface area contributed by atoms with Crippen molar-refractivity contribution in [2.24, 2.45) is 5.92 Å². The normalized spacial score (nSPS) is 19.0. The highest BCUT2D eigenvalue weighted by atomic mass is 32.2. The Bertz CT molecular complexity index is 933. The van der Waals surface area contributed by atoms with Crippen LogP contribution in [0.4, 0.5) is 0 Å². The van der Waals surface area contributed by atoms with Crippen LogP contribution in [-0.4, -0.2) is 44.1 Å². The molecule has 1 aromatic carbocycles. The lowest BCUT2D eigenvalue weighted by Crippen LogP contribution is -2.36. The summed E-state index contributed by atoms with van der Waals surface area (Å²) in [6.07, 6.45) is 4.18. The van der Waals surface area contributed by atoms with Gasteiger partial charge in [0.1, 0.15) is 0 Å². The Morgan fingerprint density at radius 2 is 2.11 bits per heavy atom. The summed E-state index contributed by atoms with van der Waals surface area (Å²) in [5.41, 5.74) is 0.810. The average molecular weight is 412 g/mol. The van der Waals surface area contributed by atoms with Crippen molar-refractivity contribution in [3.8, 4) is 0 Å². The molecule has 0 amide bonds. The van der Waals surface area contributed by atoms with Crippen molar-refractivity contribution in [1.29, 1.82) is 0 Å². The largest absolute Gasteiger partial charge is 0.308 e. The molecule has 3 rings (SSSR count). The molecule has 1 atom stereocenters. The third-order valence-electron chi connectivity index (χ3n) is 5.08. The van der Waals surface area contributed by atoms with Gasteiger partial charge in [0.15, 0.2) is 0 Å². The van der Waals surface area contributed by atoms with E-state index in [1.165, 1.54) is 12.8 Å². The van der Waals surface area contributed by atoms with Gasteiger partial charge in [-0.2, -0.15) is 0 Å². The van der Waals surface area contributed by atoms with Crippen LogP contribution in [0, 0.1) is 5.92 Å². The number of rotatable bonds is 8. The Balaban J connectivity index is 1.61. The summed E-state index contributed by atoms with van der Waals surface area (Å²) in [6.45, 7) is 8.51. The third-order valence-corrected chi connectivity index (χ3v) is 7.48. The van der Waals surface area contributed by atoms with Gasteiger partial charge in [0.25, 0.3) is 0 Å². The zero-order chi connectivity index (χ0) is 19.4. The fraction of sp³-hybridized carbons (Fsp3) is 0.632. The number of sulfonamides is 1. The van der Waals surface area contributed by atoms with E-state index in [0.717, 1.165) is 59.9 Å². The summed E-state index contributed by atoms with van der Waals surface area (Å²) in [4.78, 5) is 14.7. The summed E-state index contributed by atoms with van der Waals surface area (Å²) in [5.74, 6) is 0.731. The van der Waals surface area contributed by atoms with Crippen LogP contribution in [0.5, 0.6) is 0 Å². The Labute approximate surface area is 165 Å². The Morgan fingerprint density at radius 1 is 1.30 bits per heavy atom. The van der Waals surface area contributed by atoms with E-state index in [2.05, 4.69) is 16.5 Å². The molecule has 1 aliphatic rings. The molecule has 2 aromatic rings. The zero-order valence-electron chi connectivity index (χ0n) is 16.1. The molecule has 1 aromatic heterocycles. The minimum atomic E-state index is -3.55. The second-order valence-electron chi connectivity index (χ2n) is 7.45. The molecule has 1 aliphatic heterocycles. The smallest absolute Gasteiger partial charge is 0.303 e. The third kappa shape index (κ3) is 4.99. The van der Waals surface area contributed by atoms with Crippen molar-refractivity contribution in [2.75, 3.05) is 26.2 Å². The van der Waals surface area contributed by atoms with Crippen LogP contribution in [0.1, 0.15) is 39.5 Å². The van der Waals surface area contributed by atoms with Crippen LogP contribution in [0.3, 0.4) is 0 Å². The number of hydrogen-bond donors (Lipinski definition) is 1. The second kappa shape index (κ2) is 8.86. The molecule has 0 aliphatic carbocycles. The zero-order valence-corrected chi connectivity index (χ0v) is 17.7. The predicted molar refractivity (Wildman–Crippen MR) is 111 cm³/mol. The molecule has 0 spiro atoms. The molecule has 2 heterocycles. The highest BCUT2D eigenvalue weighted by Gasteiger charge is 2.18. The highest BCUT2D eigenvalue weighted by molar-refractivity contribution is 7.89. The Morgan fingerprint density at radius 3 is 2.85 bits per heavy atom. The first-order chi connectivity index (χ1) is 12.9. The van der Waals surface area contributed by atoms with E-state index in [4.69, 9.17) is 0 Å². The van der Waals surface area contributed by atoms with Gasteiger partial charge in [-0.05, 0) is 62.9 Å². The fourth-order valence-corrected chi connectivity index (χ4v) is 5.86. The number of likely N-dealkylation sites (tertiary alicyclic amines) is 1. The van der Waals surface area contributed by atoms with Crippen molar-refractivity contribution in [2.45, 2.75) is 51.0 Å². The van der Waals surface area contributed by atoms with E-state index >= 15 is 0 Å². The Kier molecular flexibility index (Phi) is 6.73. The van der Waals surface area contributed by atoms with Crippen LogP contribution in [0.15, 0.2) is 27.9 Å². The number of nitrogens with zero attached hydrogens (tertiary/aromatic N) is 2. The van der Waals surface area contributed by atoms with Gasteiger partial charge < -0.3 is 4.90 Å². The van der Waals surface area contributed by atoms with Crippen molar-refractivity contribution in [3.05, 3.63) is 27.9 Å². The van der Waals surface area contributed by atoms with Crippen LogP contribution in [-0.2, 0) is 16.6 Å². The molecule has 0 unspecified atom stereocenters. The van der Waals surface area contributed by atoms with Crippen LogP contribution in [0.25, 0.3) is 10.2 Å². The highest BCUT2D eigenvalue weighted by Crippen LogP contribution is 2.22. The van der Waals surface area contributed by atoms with Crippen LogP contribution in [0.2, 0.25) is 0 Å². The molecule has 0 bridgehead atoms. The number of nitrogens with one attached hydrogen (secondary N) is 1. The number of thiazole rings is 1. The van der Waals surface area contributed by atoms with Gasteiger partial charge in [0.2, 0.25) is 10.0 Å². The lowest BCUT2D eigenvalue weighted by molar-refractivity contribution is 0.182. The maximum absolute atomic E-state index is 12.6. The second-order valence-corrected chi connectivity index (χ2v) is 10.2. The quantitative estimate of drug-likeness (QED) is 0.678. The van der Waals surface area contributed by atoms with E-state index in [9.17, 15) is 13.2 Å². The summed E-state index contributed by atoms with van der Waals surface area (Å²) < 4.78 is 30.3. The van der Waals surface area contributed by atoms with Gasteiger partial charge in [0, 0.05) is 19.6 Å². The van der Waals surface area contributed by atoms with Crippen LogP contribution >= 0.6 is 11.3 Å². The van der Waals surface area contributed by atoms with Crippen molar-refractivity contribution >= 4 is 31.6 Å². The molecule has 1 N–H and O–H groups in total. The number of aromatic nitrogens is 1. The molecular weight excluding hydrogens is 382 g/mol. The first-order valence-corrected chi connectivity index (χ1v) is 12.1. The van der Waals surface area contributed by atoms with Gasteiger partial charge >= 0.3 is 4.87 Å². The molecule has 6 nitrogen and oxygen atoms in total. The molecule has 0 radical (unpaired) electrons.